The van der Waals surface area contributed by atoms with Gasteiger partial charge in [0.1, 0.15) is 0 Å². The van der Waals surface area contributed by atoms with Crippen LogP contribution in [0.4, 0.5) is 0 Å². The molecule has 2 N–H and O–H groups in total. The zero-order valence-electron chi connectivity index (χ0n) is 5.65. The Kier molecular flexibility index (Phi) is 2.30. The SMILES string of the molecule is CC1=C(Br)CCCC1N. The van der Waals surface area contributed by atoms with Crippen LogP contribution in [-0.2, 0) is 0 Å². The molecule has 1 aliphatic carbocycles. The van der Waals surface area contributed by atoms with Crippen LogP contribution < -0.4 is 5.73 Å². The minimum atomic E-state index is 0.313. The summed E-state index contributed by atoms with van der Waals surface area (Å²) in [4.78, 5) is 0. The van der Waals surface area contributed by atoms with Crippen LogP contribution >= 0.6 is 15.9 Å². The molecule has 0 aromatic rings. The Morgan fingerprint density at radius 3 is 2.78 bits per heavy atom. The lowest BCUT2D eigenvalue weighted by molar-refractivity contribution is 0.611. The summed E-state index contributed by atoms with van der Waals surface area (Å²) in [5, 5.41) is 0. The maximum atomic E-state index is 5.78. The molecule has 1 atom stereocenters. The molecule has 0 spiro atoms. The molecule has 0 fully saturated rings. The molecule has 0 heterocycles. The van der Waals surface area contributed by atoms with Crippen LogP contribution in [0.1, 0.15) is 26.2 Å². The first-order valence-corrected chi connectivity index (χ1v) is 4.12. The summed E-state index contributed by atoms with van der Waals surface area (Å²) >= 11 is 3.49. The van der Waals surface area contributed by atoms with Crippen molar-refractivity contribution in [2.24, 2.45) is 5.73 Å². The molecular weight excluding hydrogens is 178 g/mol. The second-order valence-electron chi connectivity index (χ2n) is 2.59. The molecule has 0 amide bonds. The largest absolute Gasteiger partial charge is 0.324 e. The highest BCUT2D eigenvalue weighted by Gasteiger charge is 2.13. The number of hydrogen-bond donors (Lipinski definition) is 1. The van der Waals surface area contributed by atoms with Gasteiger partial charge in [-0.1, -0.05) is 15.9 Å². The third kappa shape index (κ3) is 1.55. The molecule has 1 unspecified atom stereocenters. The minimum Gasteiger partial charge on any atom is -0.324 e. The molecule has 0 saturated carbocycles. The molecule has 9 heavy (non-hydrogen) atoms. The summed E-state index contributed by atoms with van der Waals surface area (Å²) in [5.41, 5.74) is 7.12. The van der Waals surface area contributed by atoms with Gasteiger partial charge in [-0.15, -0.1) is 0 Å². The van der Waals surface area contributed by atoms with Crippen molar-refractivity contribution in [3.63, 3.8) is 0 Å². The van der Waals surface area contributed by atoms with Crippen LogP contribution in [0.25, 0.3) is 0 Å². The predicted octanol–water partition coefficient (Wildman–Crippen LogP) is 2.17. The van der Waals surface area contributed by atoms with Crippen molar-refractivity contribution in [2.75, 3.05) is 0 Å². The maximum Gasteiger partial charge on any atom is 0.0261 e. The first-order chi connectivity index (χ1) is 4.22. The summed E-state index contributed by atoms with van der Waals surface area (Å²) in [5.74, 6) is 0. The van der Waals surface area contributed by atoms with Gasteiger partial charge in [0, 0.05) is 6.04 Å². The van der Waals surface area contributed by atoms with Gasteiger partial charge in [0.15, 0.2) is 0 Å². The van der Waals surface area contributed by atoms with E-state index in [1.165, 1.54) is 22.9 Å². The molecule has 0 saturated heterocycles. The summed E-state index contributed by atoms with van der Waals surface area (Å²) in [6.45, 7) is 2.11. The van der Waals surface area contributed by atoms with Gasteiger partial charge < -0.3 is 5.73 Å². The second-order valence-corrected chi connectivity index (χ2v) is 3.54. The Labute approximate surface area is 64.4 Å². The Hall–Kier alpha value is 0.180. The van der Waals surface area contributed by atoms with Crippen molar-refractivity contribution in [3.05, 3.63) is 10.1 Å². The fraction of sp³-hybridized carbons (Fsp3) is 0.714. The summed E-state index contributed by atoms with van der Waals surface area (Å²) in [6.07, 6.45) is 3.57. The fourth-order valence-corrected chi connectivity index (χ4v) is 1.67. The topological polar surface area (TPSA) is 26.0 Å². The highest BCUT2D eigenvalue weighted by molar-refractivity contribution is 9.11. The van der Waals surface area contributed by atoms with E-state index >= 15 is 0 Å². The molecule has 1 rings (SSSR count). The normalized spacial score (nSPS) is 29.0. The van der Waals surface area contributed by atoms with E-state index in [-0.39, 0.29) is 0 Å². The van der Waals surface area contributed by atoms with Gasteiger partial charge in [0.05, 0.1) is 0 Å². The standard InChI is InChI=1S/C7H12BrN/c1-5-6(8)3-2-4-7(5)9/h7H,2-4,9H2,1H3. The van der Waals surface area contributed by atoms with Crippen molar-refractivity contribution in [1.29, 1.82) is 0 Å². The van der Waals surface area contributed by atoms with E-state index in [2.05, 4.69) is 22.9 Å². The van der Waals surface area contributed by atoms with Crippen molar-refractivity contribution in [3.8, 4) is 0 Å². The van der Waals surface area contributed by atoms with Crippen molar-refractivity contribution in [2.45, 2.75) is 32.2 Å². The first kappa shape index (κ1) is 7.29. The van der Waals surface area contributed by atoms with E-state index in [9.17, 15) is 0 Å². The van der Waals surface area contributed by atoms with Crippen LogP contribution in [0.15, 0.2) is 10.1 Å². The van der Waals surface area contributed by atoms with Gasteiger partial charge in [0.25, 0.3) is 0 Å². The highest BCUT2D eigenvalue weighted by Crippen LogP contribution is 2.27. The van der Waals surface area contributed by atoms with Crippen LogP contribution in [0, 0.1) is 0 Å². The van der Waals surface area contributed by atoms with Gasteiger partial charge in [-0.2, -0.15) is 0 Å². The Bertz CT molecular complexity index is 140. The van der Waals surface area contributed by atoms with Gasteiger partial charge in [0.2, 0.25) is 0 Å². The molecule has 2 heteroatoms. The Morgan fingerprint density at radius 2 is 2.33 bits per heavy atom. The number of nitrogens with two attached hydrogens (primary N) is 1. The van der Waals surface area contributed by atoms with Gasteiger partial charge >= 0.3 is 0 Å². The monoisotopic (exact) mass is 189 g/mol. The third-order valence-corrected chi connectivity index (χ3v) is 2.92. The summed E-state index contributed by atoms with van der Waals surface area (Å²) in [6, 6.07) is 0.313. The van der Waals surface area contributed by atoms with E-state index in [1.807, 2.05) is 0 Å². The highest BCUT2D eigenvalue weighted by atomic mass is 79.9. The lowest BCUT2D eigenvalue weighted by atomic mass is 9.96. The molecule has 0 radical (unpaired) electrons. The average Bonchev–Trinajstić information content (AvgIpc) is 1.83. The van der Waals surface area contributed by atoms with Gasteiger partial charge in [-0.3, -0.25) is 0 Å². The van der Waals surface area contributed by atoms with E-state index in [1.54, 1.807) is 0 Å². The maximum absolute atomic E-state index is 5.78. The smallest absolute Gasteiger partial charge is 0.0261 e. The number of halogens is 1. The Morgan fingerprint density at radius 1 is 1.67 bits per heavy atom. The van der Waals surface area contributed by atoms with E-state index in [4.69, 9.17) is 5.73 Å². The Balaban J connectivity index is 2.72. The fourth-order valence-electron chi connectivity index (χ4n) is 1.09. The van der Waals surface area contributed by atoms with Crippen molar-refractivity contribution in [1.82, 2.24) is 0 Å². The van der Waals surface area contributed by atoms with Crippen LogP contribution in [0.5, 0.6) is 0 Å². The van der Waals surface area contributed by atoms with E-state index in [0.717, 1.165) is 6.42 Å². The molecule has 0 aliphatic heterocycles. The van der Waals surface area contributed by atoms with Crippen molar-refractivity contribution < 1.29 is 0 Å². The lowest BCUT2D eigenvalue weighted by Crippen LogP contribution is -2.24. The number of hydrogen-bond acceptors (Lipinski definition) is 1. The van der Waals surface area contributed by atoms with Crippen LogP contribution in [-0.4, -0.2) is 6.04 Å². The molecule has 1 aliphatic rings. The quantitative estimate of drug-likeness (QED) is 0.622. The molecule has 0 bridgehead atoms. The zero-order valence-corrected chi connectivity index (χ0v) is 7.24. The third-order valence-electron chi connectivity index (χ3n) is 1.90. The van der Waals surface area contributed by atoms with Gasteiger partial charge in [-0.25, -0.2) is 0 Å². The number of rotatable bonds is 0. The average molecular weight is 190 g/mol. The van der Waals surface area contributed by atoms with Crippen LogP contribution in [0.2, 0.25) is 0 Å². The lowest BCUT2D eigenvalue weighted by Gasteiger charge is -2.19. The predicted molar refractivity (Wildman–Crippen MR) is 43.5 cm³/mol. The number of allylic oxidation sites excluding steroid dienone is 1. The van der Waals surface area contributed by atoms with Crippen molar-refractivity contribution >= 4 is 15.9 Å². The summed E-state index contributed by atoms with van der Waals surface area (Å²) in [7, 11) is 0. The second kappa shape index (κ2) is 2.84. The summed E-state index contributed by atoms with van der Waals surface area (Å²) < 4.78 is 1.32. The molecule has 52 valence electrons. The zero-order chi connectivity index (χ0) is 6.85. The molecule has 1 nitrogen and oxygen atoms in total. The molecule has 0 aromatic heterocycles. The first-order valence-electron chi connectivity index (χ1n) is 3.32. The molecule has 0 aromatic carbocycles. The van der Waals surface area contributed by atoms with E-state index < -0.39 is 0 Å². The van der Waals surface area contributed by atoms with Crippen LogP contribution in [0.3, 0.4) is 0 Å². The molecular formula is C7H12BrN. The van der Waals surface area contributed by atoms with Gasteiger partial charge in [-0.05, 0) is 36.2 Å². The van der Waals surface area contributed by atoms with E-state index in [0.29, 0.717) is 6.04 Å². The minimum absolute atomic E-state index is 0.313.